The highest BCUT2D eigenvalue weighted by Gasteiger charge is 2.13. The number of benzene rings is 1. The van der Waals surface area contributed by atoms with Gasteiger partial charge in [-0.1, -0.05) is 29.8 Å². The van der Waals surface area contributed by atoms with Crippen molar-refractivity contribution in [1.29, 1.82) is 0 Å². The number of guanidine groups is 1. The number of nitrogens with zero attached hydrogens (tertiary/aromatic N) is 3. The van der Waals surface area contributed by atoms with E-state index in [-0.39, 0.29) is 6.54 Å². The smallest absolute Gasteiger partial charge is 0.194 e. The van der Waals surface area contributed by atoms with E-state index in [2.05, 4.69) is 20.9 Å². The van der Waals surface area contributed by atoms with Gasteiger partial charge in [-0.25, -0.2) is 0 Å². The highest BCUT2D eigenvalue weighted by molar-refractivity contribution is 6.31. The lowest BCUT2D eigenvalue weighted by molar-refractivity contribution is 0.186. The Morgan fingerprint density at radius 2 is 2.08 bits per heavy atom. The first-order valence-corrected chi connectivity index (χ1v) is 8.42. The summed E-state index contributed by atoms with van der Waals surface area (Å²) in [6.07, 6.45) is 1.30. The van der Waals surface area contributed by atoms with Crippen molar-refractivity contribution < 1.29 is 5.11 Å². The van der Waals surface area contributed by atoms with Crippen molar-refractivity contribution >= 4 is 17.6 Å². The Morgan fingerprint density at radius 1 is 1.33 bits per heavy atom. The highest BCUT2D eigenvalue weighted by atomic mass is 35.5. The molecule has 0 fully saturated rings. The summed E-state index contributed by atoms with van der Waals surface area (Å²) < 4.78 is 2.08. The molecule has 0 spiro atoms. The van der Waals surface area contributed by atoms with Crippen LogP contribution in [0.5, 0.6) is 0 Å². The normalized spacial score (nSPS) is 13.0. The van der Waals surface area contributed by atoms with Gasteiger partial charge in [-0.3, -0.25) is 4.99 Å². The summed E-state index contributed by atoms with van der Waals surface area (Å²) in [7, 11) is 4.00. The molecule has 24 heavy (non-hydrogen) atoms. The second-order valence-corrected chi connectivity index (χ2v) is 6.11. The van der Waals surface area contributed by atoms with E-state index in [0.717, 1.165) is 19.0 Å². The van der Waals surface area contributed by atoms with E-state index in [0.29, 0.717) is 10.6 Å². The van der Waals surface area contributed by atoms with Gasteiger partial charge in [-0.05, 0) is 25.1 Å². The molecule has 6 heteroatoms. The van der Waals surface area contributed by atoms with Gasteiger partial charge in [0.25, 0.3) is 0 Å². The molecule has 0 aliphatic heterocycles. The zero-order chi connectivity index (χ0) is 17.5. The predicted molar refractivity (Wildman–Crippen MR) is 99.3 cm³/mol. The maximum Gasteiger partial charge on any atom is 0.194 e. The van der Waals surface area contributed by atoms with Gasteiger partial charge < -0.3 is 19.9 Å². The molecule has 2 N–H and O–H groups in total. The van der Waals surface area contributed by atoms with E-state index < -0.39 is 6.10 Å². The van der Waals surface area contributed by atoms with Crippen LogP contribution in [0.4, 0.5) is 0 Å². The Hall–Kier alpha value is -1.98. The van der Waals surface area contributed by atoms with Gasteiger partial charge in [0.1, 0.15) is 6.10 Å². The average Bonchev–Trinajstić information content (AvgIpc) is 2.96. The monoisotopic (exact) mass is 348 g/mol. The van der Waals surface area contributed by atoms with Gasteiger partial charge in [0, 0.05) is 43.1 Å². The van der Waals surface area contributed by atoms with Crippen LogP contribution in [0.1, 0.15) is 24.3 Å². The van der Waals surface area contributed by atoms with Crippen LogP contribution in [0.15, 0.2) is 47.6 Å². The van der Waals surface area contributed by atoms with Crippen LogP contribution in [0.3, 0.4) is 0 Å². The molecule has 2 rings (SSSR count). The molecule has 0 saturated carbocycles. The zero-order valence-corrected chi connectivity index (χ0v) is 15.2. The molecule has 0 aliphatic rings. The summed E-state index contributed by atoms with van der Waals surface area (Å²) in [6, 6.07) is 11.4. The molecular formula is C18H25ClN4O. The predicted octanol–water partition coefficient (Wildman–Crippen LogP) is 2.81. The fourth-order valence-corrected chi connectivity index (χ4v) is 2.73. The lowest BCUT2D eigenvalue weighted by atomic mass is 10.1. The van der Waals surface area contributed by atoms with Gasteiger partial charge in [0.2, 0.25) is 0 Å². The summed E-state index contributed by atoms with van der Waals surface area (Å²) in [6.45, 7) is 3.77. The molecule has 1 heterocycles. The number of aliphatic imine (C=N–C) groups is 1. The largest absolute Gasteiger partial charge is 0.386 e. The number of aryl methyl sites for hydroxylation is 1. The van der Waals surface area contributed by atoms with E-state index in [1.165, 1.54) is 5.69 Å². The maximum absolute atomic E-state index is 10.4. The van der Waals surface area contributed by atoms with Crippen LogP contribution in [0, 0.1) is 0 Å². The zero-order valence-electron chi connectivity index (χ0n) is 14.4. The minimum absolute atomic E-state index is 0.254. The Labute approximate surface area is 148 Å². The molecule has 1 atom stereocenters. The van der Waals surface area contributed by atoms with Crippen LogP contribution in [0.2, 0.25) is 5.02 Å². The standard InChI is InChI=1S/C18H25ClN4O/c1-4-20-18(23(3)13-14-8-7-11-22(14)2)21-12-17(24)15-9-5-6-10-16(15)19/h5-11,17,24H,4,12-13H2,1-3H3,(H,20,21). The van der Waals surface area contributed by atoms with Gasteiger partial charge in [0.15, 0.2) is 5.96 Å². The van der Waals surface area contributed by atoms with E-state index in [9.17, 15) is 5.11 Å². The van der Waals surface area contributed by atoms with Crippen molar-refractivity contribution in [2.24, 2.45) is 12.0 Å². The third kappa shape index (κ3) is 4.76. The molecular weight excluding hydrogens is 324 g/mol. The number of aliphatic hydroxyl groups excluding tert-OH is 1. The fourth-order valence-electron chi connectivity index (χ4n) is 2.46. The first-order chi connectivity index (χ1) is 11.5. The Morgan fingerprint density at radius 3 is 2.71 bits per heavy atom. The topological polar surface area (TPSA) is 52.8 Å². The number of aromatic nitrogens is 1. The van der Waals surface area contributed by atoms with Crippen molar-refractivity contribution in [1.82, 2.24) is 14.8 Å². The number of hydrogen-bond acceptors (Lipinski definition) is 2. The molecule has 130 valence electrons. The molecule has 1 aromatic heterocycles. The Bertz CT molecular complexity index is 683. The quantitative estimate of drug-likeness (QED) is 0.623. The van der Waals surface area contributed by atoms with Crippen molar-refractivity contribution in [3.63, 3.8) is 0 Å². The highest BCUT2D eigenvalue weighted by Crippen LogP contribution is 2.22. The molecule has 1 aromatic carbocycles. The van der Waals surface area contributed by atoms with Crippen LogP contribution in [-0.4, -0.2) is 40.7 Å². The summed E-state index contributed by atoms with van der Waals surface area (Å²) in [5.41, 5.74) is 1.89. The van der Waals surface area contributed by atoms with Crippen molar-refractivity contribution in [3.8, 4) is 0 Å². The molecule has 1 unspecified atom stereocenters. The average molecular weight is 349 g/mol. The van der Waals surface area contributed by atoms with Crippen LogP contribution >= 0.6 is 11.6 Å². The third-order valence-electron chi connectivity index (χ3n) is 3.83. The Balaban J connectivity index is 2.07. The molecule has 0 radical (unpaired) electrons. The van der Waals surface area contributed by atoms with Gasteiger partial charge >= 0.3 is 0 Å². The molecule has 2 aromatic rings. The van der Waals surface area contributed by atoms with Crippen LogP contribution in [-0.2, 0) is 13.6 Å². The second-order valence-electron chi connectivity index (χ2n) is 5.70. The number of rotatable bonds is 6. The van der Waals surface area contributed by atoms with E-state index >= 15 is 0 Å². The minimum atomic E-state index is -0.726. The van der Waals surface area contributed by atoms with Gasteiger partial charge in [0.05, 0.1) is 13.1 Å². The SMILES string of the molecule is CCNC(=NCC(O)c1ccccc1Cl)N(C)Cc1cccn1C. The molecule has 0 bridgehead atoms. The Kier molecular flexibility index (Phi) is 6.70. The maximum atomic E-state index is 10.4. The first-order valence-electron chi connectivity index (χ1n) is 8.05. The van der Waals surface area contributed by atoms with Crippen LogP contribution in [0.25, 0.3) is 0 Å². The lowest BCUT2D eigenvalue weighted by Crippen LogP contribution is -2.39. The molecule has 5 nitrogen and oxygen atoms in total. The van der Waals surface area contributed by atoms with Crippen molar-refractivity contribution in [2.75, 3.05) is 20.1 Å². The second kappa shape index (κ2) is 8.76. The fraction of sp³-hybridized carbons (Fsp3) is 0.389. The summed E-state index contributed by atoms with van der Waals surface area (Å²) in [4.78, 5) is 6.59. The number of nitrogens with one attached hydrogen (secondary N) is 1. The first kappa shape index (κ1) is 18.4. The third-order valence-corrected chi connectivity index (χ3v) is 4.17. The van der Waals surface area contributed by atoms with E-state index in [4.69, 9.17) is 11.6 Å². The molecule has 0 saturated heterocycles. The minimum Gasteiger partial charge on any atom is -0.386 e. The summed E-state index contributed by atoms with van der Waals surface area (Å²) in [5.74, 6) is 0.754. The lowest BCUT2D eigenvalue weighted by Gasteiger charge is -2.23. The van der Waals surface area contributed by atoms with Gasteiger partial charge in [-0.2, -0.15) is 0 Å². The van der Waals surface area contributed by atoms with Crippen molar-refractivity contribution in [2.45, 2.75) is 19.6 Å². The van der Waals surface area contributed by atoms with Crippen molar-refractivity contribution in [3.05, 3.63) is 58.9 Å². The summed E-state index contributed by atoms with van der Waals surface area (Å²) in [5, 5.41) is 14.2. The number of hydrogen-bond donors (Lipinski definition) is 2. The number of halogens is 1. The van der Waals surface area contributed by atoms with E-state index in [1.807, 2.05) is 56.4 Å². The van der Waals surface area contributed by atoms with Crippen LogP contribution < -0.4 is 5.32 Å². The number of aliphatic hydroxyl groups is 1. The molecule has 0 aliphatic carbocycles. The molecule has 0 amide bonds. The van der Waals surface area contributed by atoms with Gasteiger partial charge in [-0.15, -0.1) is 0 Å². The van der Waals surface area contributed by atoms with E-state index in [1.54, 1.807) is 6.07 Å². The summed E-state index contributed by atoms with van der Waals surface area (Å²) >= 11 is 6.13.